The maximum absolute atomic E-state index is 12.9. The highest BCUT2D eigenvalue weighted by atomic mass is 32.2. The number of benzene rings is 2. The largest absolute Gasteiger partial charge is 0.324 e. The molecule has 0 bridgehead atoms. The average Bonchev–Trinajstić information content (AvgIpc) is 3.48. The van der Waals surface area contributed by atoms with Crippen LogP contribution in [0.5, 0.6) is 0 Å². The van der Waals surface area contributed by atoms with E-state index in [-0.39, 0.29) is 23.0 Å². The van der Waals surface area contributed by atoms with Crippen LogP contribution in [-0.2, 0) is 28.2 Å². The fourth-order valence-corrected chi connectivity index (χ4v) is 5.69. The van der Waals surface area contributed by atoms with Gasteiger partial charge >= 0.3 is 6.03 Å². The van der Waals surface area contributed by atoms with Crippen LogP contribution in [0.3, 0.4) is 0 Å². The SMILES string of the molecule is CC(C)(C)c1cc(NC(=O)Nc2ccc3c(c2)CC=N3)n(-c2ccc(CN3CCS(=O)(=O)CC3)cc2)n1. The van der Waals surface area contributed by atoms with Crippen molar-refractivity contribution in [3.63, 3.8) is 0 Å². The van der Waals surface area contributed by atoms with E-state index in [0.717, 1.165) is 34.6 Å². The Hall–Kier alpha value is -3.50. The van der Waals surface area contributed by atoms with Gasteiger partial charge in [-0.1, -0.05) is 32.9 Å². The molecule has 0 radical (unpaired) electrons. The second-order valence-electron chi connectivity index (χ2n) is 10.6. The second-order valence-corrected chi connectivity index (χ2v) is 12.9. The molecular weight excluding hydrogens is 488 g/mol. The second kappa shape index (κ2) is 9.75. The van der Waals surface area contributed by atoms with Gasteiger partial charge in [0.25, 0.3) is 0 Å². The number of urea groups is 1. The Morgan fingerprint density at radius 1 is 1.00 bits per heavy atom. The molecule has 3 aromatic rings. The molecule has 9 nitrogen and oxygen atoms in total. The number of sulfone groups is 1. The van der Waals surface area contributed by atoms with Gasteiger partial charge in [-0.2, -0.15) is 5.10 Å². The van der Waals surface area contributed by atoms with E-state index in [0.29, 0.717) is 31.1 Å². The lowest BCUT2D eigenvalue weighted by molar-refractivity contribution is 0.262. The number of carbonyl (C=O) groups is 1. The summed E-state index contributed by atoms with van der Waals surface area (Å²) in [4.78, 5) is 19.4. The number of hydrogen-bond donors (Lipinski definition) is 2. The highest BCUT2D eigenvalue weighted by molar-refractivity contribution is 7.91. The van der Waals surface area contributed by atoms with Crippen LogP contribution in [0, 0.1) is 0 Å². The fraction of sp³-hybridized carbons (Fsp3) is 0.370. The summed E-state index contributed by atoms with van der Waals surface area (Å²) in [6.45, 7) is 8.05. The Morgan fingerprint density at radius 2 is 1.73 bits per heavy atom. The standard InChI is InChI=1S/C27H32N6O3S/c1-27(2,3)24-17-25(30-26(34)29-21-6-9-23-20(16-21)10-11-28-23)33(31-24)22-7-4-19(5-8-22)18-32-12-14-37(35,36)15-13-32/h4-9,11,16-17H,10,12-15,18H2,1-3H3,(H2,29,30,34). The number of amides is 2. The van der Waals surface area contributed by atoms with E-state index in [1.54, 1.807) is 4.68 Å². The van der Waals surface area contributed by atoms with E-state index in [2.05, 4.69) is 41.3 Å². The van der Waals surface area contributed by atoms with Gasteiger partial charge in [-0.3, -0.25) is 15.2 Å². The minimum Gasteiger partial charge on any atom is -0.308 e. The first-order valence-electron chi connectivity index (χ1n) is 12.4. The molecule has 1 fully saturated rings. The molecule has 2 N–H and O–H groups in total. The Bertz CT molecular complexity index is 1440. The molecule has 1 aromatic heterocycles. The van der Waals surface area contributed by atoms with Gasteiger partial charge in [0.1, 0.15) is 5.82 Å². The van der Waals surface area contributed by atoms with Crippen molar-refractivity contribution >= 4 is 39.3 Å². The molecule has 2 aliphatic rings. The van der Waals surface area contributed by atoms with Crippen molar-refractivity contribution in [2.24, 2.45) is 4.99 Å². The van der Waals surface area contributed by atoms with Crippen molar-refractivity contribution in [1.82, 2.24) is 14.7 Å². The first-order valence-corrected chi connectivity index (χ1v) is 14.2. The minimum absolute atomic E-state index is 0.202. The Labute approximate surface area is 217 Å². The molecule has 0 aliphatic carbocycles. The molecule has 37 heavy (non-hydrogen) atoms. The molecule has 10 heteroatoms. The predicted molar refractivity (Wildman–Crippen MR) is 147 cm³/mol. The maximum Gasteiger partial charge on any atom is 0.324 e. The van der Waals surface area contributed by atoms with Gasteiger partial charge in [0.2, 0.25) is 0 Å². The molecule has 0 saturated carbocycles. The van der Waals surface area contributed by atoms with Crippen LogP contribution >= 0.6 is 0 Å². The number of aliphatic imine (C=N–C) groups is 1. The Balaban J connectivity index is 1.32. The van der Waals surface area contributed by atoms with E-state index < -0.39 is 9.84 Å². The van der Waals surface area contributed by atoms with Crippen LogP contribution in [0.2, 0.25) is 0 Å². The maximum atomic E-state index is 12.9. The summed E-state index contributed by atoms with van der Waals surface area (Å²) in [5.41, 5.74) is 5.31. The third kappa shape index (κ3) is 5.91. The molecule has 2 amide bonds. The lowest BCUT2D eigenvalue weighted by atomic mass is 9.92. The van der Waals surface area contributed by atoms with Gasteiger partial charge in [-0.25, -0.2) is 17.9 Å². The van der Waals surface area contributed by atoms with E-state index in [1.807, 2.05) is 54.7 Å². The molecule has 0 spiro atoms. The van der Waals surface area contributed by atoms with Gasteiger partial charge < -0.3 is 5.32 Å². The van der Waals surface area contributed by atoms with Gasteiger partial charge in [0.15, 0.2) is 9.84 Å². The zero-order valence-electron chi connectivity index (χ0n) is 21.4. The minimum atomic E-state index is -2.90. The summed E-state index contributed by atoms with van der Waals surface area (Å²) in [6.07, 6.45) is 2.63. The number of nitrogens with one attached hydrogen (secondary N) is 2. The molecule has 0 unspecified atom stereocenters. The Morgan fingerprint density at radius 3 is 2.43 bits per heavy atom. The van der Waals surface area contributed by atoms with Crippen molar-refractivity contribution in [2.75, 3.05) is 35.2 Å². The number of nitrogens with zero attached hydrogens (tertiary/aromatic N) is 4. The van der Waals surface area contributed by atoms with Crippen molar-refractivity contribution in [1.29, 1.82) is 0 Å². The summed E-state index contributed by atoms with van der Waals surface area (Å²) in [7, 11) is -2.90. The van der Waals surface area contributed by atoms with E-state index in [4.69, 9.17) is 5.10 Å². The molecular formula is C27H32N6O3S. The van der Waals surface area contributed by atoms with Gasteiger partial charge in [-0.15, -0.1) is 0 Å². The zero-order valence-corrected chi connectivity index (χ0v) is 22.2. The molecule has 1 saturated heterocycles. The first kappa shape index (κ1) is 25.2. The average molecular weight is 521 g/mol. The zero-order chi connectivity index (χ0) is 26.2. The Kier molecular flexibility index (Phi) is 6.63. The van der Waals surface area contributed by atoms with Crippen molar-refractivity contribution in [3.05, 3.63) is 65.4 Å². The van der Waals surface area contributed by atoms with E-state index in [9.17, 15) is 13.2 Å². The molecule has 2 aromatic carbocycles. The quantitative estimate of drug-likeness (QED) is 0.521. The lowest BCUT2D eigenvalue weighted by Gasteiger charge is -2.26. The lowest BCUT2D eigenvalue weighted by Crippen LogP contribution is -2.39. The predicted octanol–water partition coefficient (Wildman–Crippen LogP) is 4.30. The summed E-state index contributed by atoms with van der Waals surface area (Å²) in [6, 6.07) is 15.2. The molecule has 2 aliphatic heterocycles. The van der Waals surface area contributed by atoms with Gasteiger partial charge in [0, 0.05) is 49.4 Å². The molecule has 5 rings (SSSR count). The van der Waals surface area contributed by atoms with Crippen molar-refractivity contribution in [2.45, 2.75) is 39.2 Å². The number of hydrogen-bond acceptors (Lipinski definition) is 6. The third-order valence-corrected chi connectivity index (χ3v) is 8.23. The number of aromatic nitrogens is 2. The summed E-state index contributed by atoms with van der Waals surface area (Å²) >= 11 is 0. The summed E-state index contributed by atoms with van der Waals surface area (Å²) in [5, 5.41) is 10.7. The molecule has 194 valence electrons. The molecule has 3 heterocycles. The van der Waals surface area contributed by atoms with Crippen LogP contribution in [0.15, 0.2) is 53.5 Å². The highest BCUT2D eigenvalue weighted by Crippen LogP contribution is 2.28. The number of fused-ring (bicyclic) bond motifs is 1. The summed E-state index contributed by atoms with van der Waals surface area (Å²) < 4.78 is 25.1. The normalized spacial score (nSPS) is 16.9. The van der Waals surface area contributed by atoms with Gasteiger partial charge in [-0.05, 0) is 41.5 Å². The monoisotopic (exact) mass is 520 g/mol. The van der Waals surface area contributed by atoms with Gasteiger partial charge in [0.05, 0.1) is 28.6 Å². The highest BCUT2D eigenvalue weighted by Gasteiger charge is 2.23. The van der Waals surface area contributed by atoms with Crippen LogP contribution in [0.25, 0.3) is 5.69 Å². The smallest absolute Gasteiger partial charge is 0.308 e. The van der Waals surface area contributed by atoms with Crippen LogP contribution in [0.4, 0.5) is 22.0 Å². The van der Waals surface area contributed by atoms with E-state index >= 15 is 0 Å². The number of rotatable bonds is 5. The number of anilines is 2. The fourth-order valence-electron chi connectivity index (χ4n) is 4.42. The van der Waals surface area contributed by atoms with Crippen LogP contribution in [-0.4, -0.2) is 59.9 Å². The third-order valence-electron chi connectivity index (χ3n) is 6.62. The first-order chi connectivity index (χ1) is 17.6. The summed E-state index contributed by atoms with van der Waals surface area (Å²) in [5.74, 6) is 0.995. The van der Waals surface area contributed by atoms with Crippen molar-refractivity contribution < 1.29 is 13.2 Å². The van der Waals surface area contributed by atoms with Crippen LogP contribution in [0.1, 0.15) is 37.6 Å². The topological polar surface area (TPSA) is 109 Å². The van der Waals surface area contributed by atoms with Crippen molar-refractivity contribution in [3.8, 4) is 5.69 Å². The molecule has 0 atom stereocenters. The number of carbonyl (C=O) groups excluding carboxylic acids is 1. The van der Waals surface area contributed by atoms with Crippen LogP contribution < -0.4 is 10.6 Å². The van der Waals surface area contributed by atoms with E-state index in [1.165, 1.54) is 0 Å².